The number of nitrogens with two attached hydrogens (primary N) is 1. The maximum absolute atomic E-state index is 9.98. The van der Waals surface area contributed by atoms with Crippen molar-refractivity contribution in [2.75, 3.05) is 26.3 Å². The van der Waals surface area contributed by atoms with Crippen LogP contribution in [0.25, 0.3) is 0 Å². The van der Waals surface area contributed by atoms with Crippen LogP contribution in [-0.2, 0) is 4.74 Å². The molecular weight excluding hydrogens is 144 g/mol. The van der Waals surface area contributed by atoms with Crippen molar-refractivity contribution in [3.05, 3.63) is 0 Å². The molecule has 11 heavy (non-hydrogen) atoms. The number of ether oxygens (including phenoxy) is 1. The molecule has 2 rings (SSSR count). The van der Waals surface area contributed by atoms with Crippen molar-refractivity contribution in [2.45, 2.75) is 17.6 Å². The van der Waals surface area contributed by atoms with Gasteiger partial charge < -0.3 is 20.9 Å². The average molecular weight is 158 g/mol. The topological polar surface area (TPSA) is 67.5 Å². The summed E-state index contributed by atoms with van der Waals surface area (Å²) < 4.78 is 5.12. The summed E-state index contributed by atoms with van der Waals surface area (Å²) in [6.45, 7) is 2.43. The van der Waals surface area contributed by atoms with Crippen molar-refractivity contribution in [1.29, 1.82) is 0 Å². The van der Waals surface area contributed by atoms with Crippen molar-refractivity contribution in [2.24, 2.45) is 5.73 Å². The molecule has 2 fully saturated rings. The number of rotatable bonds is 1. The van der Waals surface area contributed by atoms with E-state index in [9.17, 15) is 5.11 Å². The van der Waals surface area contributed by atoms with E-state index in [1.807, 2.05) is 0 Å². The summed E-state index contributed by atoms with van der Waals surface area (Å²) in [7, 11) is 0. The Morgan fingerprint density at radius 3 is 2.55 bits per heavy atom. The van der Waals surface area contributed by atoms with Gasteiger partial charge in [0.1, 0.15) is 5.60 Å². The molecule has 0 aromatic rings. The Hall–Kier alpha value is -0.160. The Morgan fingerprint density at radius 1 is 1.45 bits per heavy atom. The van der Waals surface area contributed by atoms with Gasteiger partial charge in [-0.1, -0.05) is 0 Å². The highest BCUT2D eigenvalue weighted by Gasteiger charge is 2.53. The third-order valence-corrected chi connectivity index (χ3v) is 2.81. The molecule has 2 aliphatic rings. The van der Waals surface area contributed by atoms with Gasteiger partial charge in [0.25, 0.3) is 0 Å². The molecule has 0 aromatic heterocycles. The molecule has 0 spiro atoms. The Balaban J connectivity index is 2.11. The van der Waals surface area contributed by atoms with Gasteiger partial charge in [0.2, 0.25) is 0 Å². The van der Waals surface area contributed by atoms with Crippen LogP contribution in [-0.4, -0.2) is 42.5 Å². The second kappa shape index (κ2) is 2.17. The first-order valence-electron chi connectivity index (χ1n) is 3.96. The standard InChI is InChI=1S/C7H14N2O2/c8-6(3-9-4-6)7(10)1-2-11-5-7/h9-10H,1-5,8H2. The number of hydrogen-bond donors (Lipinski definition) is 3. The van der Waals surface area contributed by atoms with Crippen LogP contribution < -0.4 is 11.1 Å². The van der Waals surface area contributed by atoms with Gasteiger partial charge in [-0.2, -0.15) is 0 Å². The Bertz CT molecular complexity index is 162. The quantitative estimate of drug-likeness (QED) is 0.431. The van der Waals surface area contributed by atoms with E-state index in [0.717, 1.165) is 0 Å². The number of nitrogens with one attached hydrogen (secondary N) is 1. The first-order chi connectivity index (χ1) is 5.16. The van der Waals surface area contributed by atoms with Crippen LogP contribution in [0.3, 0.4) is 0 Å². The van der Waals surface area contributed by atoms with E-state index >= 15 is 0 Å². The summed E-state index contributed by atoms with van der Waals surface area (Å²) >= 11 is 0. The molecule has 4 heteroatoms. The van der Waals surface area contributed by atoms with Gasteiger partial charge in [0.05, 0.1) is 12.1 Å². The zero-order valence-electron chi connectivity index (χ0n) is 6.47. The lowest BCUT2D eigenvalue weighted by atomic mass is 9.75. The van der Waals surface area contributed by atoms with E-state index in [-0.39, 0.29) is 0 Å². The van der Waals surface area contributed by atoms with E-state index in [2.05, 4.69) is 5.32 Å². The molecule has 0 aromatic carbocycles. The summed E-state index contributed by atoms with van der Waals surface area (Å²) in [6.07, 6.45) is 0.672. The molecule has 4 N–H and O–H groups in total. The Kier molecular flexibility index (Phi) is 1.47. The van der Waals surface area contributed by atoms with Gasteiger partial charge >= 0.3 is 0 Å². The van der Waals surface area contributed by atoms with Crippen LogP contribution in [0.1, 0.15) is 6.42 Å². The number of hydrogen-bond acceptors (Lipinski definition) is 4. The lowest BCUT2D eigenvalue weighted by Crippen LogP contribution is -2.77. The smallest absolute Gasteiger partial charge is 0.110 e. The zero-order valence-corrected chi connectivity index (χ0v) is 6.47. The second-order valence-corrected chi connectivity index (χ2v) is 3.59. The molecule has 1 atom stereocenters. The fourth-order valence-electron chi connectivity index (χ4n) is 1.67. The van der Waals surface area contributed by atoms with Crippen molar-refractivity contribution in [3.63, 3.8) is 0 Å². The summed E-state index contributed by atoms with van der Waals surface area (Å²) in [5.74, 6) is 0. The molecule has 2 aliphatic heterocycles. The predicted molar refractivity (Wildman–Crippen MR) is 40.2 cm³/mol. The molecule has 0 radical (unpaired) electrons. The van der Waals surface area contributed by atoms with Gasteiger partial charge in [0.15, 0.2) is 0 Å². The molecule has 0 bridgehead atoms. The van der Waals surface area contributed by atoms with Gasteiger partial charge in [0, 0.05) is 26.1 Å². The van der Waals surface area contributed by atoms with Gasteiger partial charge in [-0.05, 0) is 0 Å². The van der Waals surface area contributed by atoms with Crippen LogP contribution in [0.2, 0.25) is 0 Å². The van der Waals surface area contributed by atoms with E-state index in [1.54, 1.807) is 0 Å². The second-order valence-electron chi connectivity index (χ2n) is 3.59. The van der Waals surface area contributed by atoms with Crippen LogP contribution in [0.5, 0.6) is 0 Å². The summed E-state index contributed by atoms with van der Waals surface area (Å²) in [4.78, 5) is 0. The third-order valence-electron chi connectivity index (χ3n) is 2.81. The molecule has 2 heterocycles. The van der Waals surface area contributed by atoms with Crippen molar-refractivity contribution in [1.82, 2.24) is 5.32 Å². The molecule has 1 unspecified atom stereocenters. The molecule has 0 saturated carbocycles. The van der Waals surface area contributed by atoms with E-state index in [4.69, 9.17) is 10.5 Å². The lowest BCUT2D eigenvalue weighted by Gasteiger charge is -2.48. The van der Waals surface area contributed by atoms with Gasteiger partial charge in [-0.25, -0.2) is 0 Å². The molecule has 2 saturated heterocycles. The van der Waals surface area contributed by atoms with Gasteiger partial charge in [-0.3, -0.25) is 0 Å². The van der Waals surface area contributed by atoms with E-state index in [0.29, 0.717) is 32.7 Å². The first kappa shape index (κ1) is 7.49. The molecule has 4 nitrogen and oxygen atoms in total. The molecule has 64 valence electrons. The predicted octanol–water partition coefficient (Wildman–Crippen LogP) is -1.56. The summed E-state index contributed by atoms with van der Waals surface area (Å²) in [5, 5.41) is 13.0. The summed E-state index contributed by atoms with van der Waals surface area (Å²) in [6, 6.07) is 0. The van der Waals surface area contributed by atoms with Crippen LogP contribution in [0.4, 0.5) is 0 Å². The minimum absolute atomic E-state index is 0.394. The zero-order chi connectivity index (χ0) is 7.95. The maximum Gasteiger partial charge on any atom is 0.110 e. The van der Waals surface area contributed by atoms with Crippen molar-refractivity contribution < 1.29 is 9.84 Å². The summed E-state index contributed by atoms with van der Waals surface area (Å²) in [5.41, 5.74) is 4.73. The first-order valence-corrected chi connectivity index (χ1v) is 3.96. The lowest BCUT2D eigenvalue weighted by molar-refractivity contribution is -0.0609. The highest BCUT2D eigenvalue weighted by Crippen LogP contribution is 2.31. The average Bonchev–Trinajstić information content (AvgIpc) is 2.32. The fourth-order valence-corrected chi connectivity index (χ4v) is 1.67. The largest absolute Gasteiger partial charge is 0.385 e. The van der Waals surface area contributed by atoms with E-state index in [1.165, 1.54) is 0 Å². The van der Waals surface area contributed by atoms with Crippen LogP contribution in [0.15, 0.2) is 0 Å². The number of aliphatic hydroxyl groups is 1. The normalized spacial score (nSPS) is 42.0. The van der Waals surface area contributed by atoms with E-state index < -0.39 is 11.1 Å². The monoisotopic (exact) mass is 158 g/mol. The Labute approximate surface area is 65.7 Å². The van der Waals surface area contributed by atoms with Crippen LogP contribution >= 0.6 is 0 Å². The van der Waals surface area contributed by atoms with Crippen molar-refractivity contribution in [3.8, 4) is 0 Å². The maximum atomic E-state index is 9.98. The molecule has 0 aliphatic carbocycles. The fraction of sp³-hybridized carbons (Fsp3) is 1.00. The molecule has 0 amide bonds. The highest BCUT2D eigenvalue weighted by atomic mass is 16.5. The minimum atomic E-state index is -0.780. The SMILES string of the molecule is NC1(C2(O)CCOC2)CNC1. The van der Waals surface area contributed by atoms with Gasteiger partial charge in [-0.15, -0.1) is 0 Å². The van der Waals surface area contributed by atoms with Crippen LogP contribution in [0, 0.1) is 0 Å². The Morgan fingerprint density at radius 2 is 2.18 bits per heavy atom. The van der Waals surface area contributed by atoms with Crippen molar-refractivity contribution >= 4 is 0 Å². The molecular formula is C7H14N2O2. The highest BCUT2D eigenvalue weighted by molar-refractivity contribution is 5.13. The third kappa shape index (κ3) is 0.906. The minimum Gasteiger partial charge on any atom is -0.385 e.